The van der Waals surface area contributed by atoms with E-state index in [1.54, 1.807) is 19.2 Å². The van der Waals surface area contributed by atoms with E-state index in [0.717, 1.165) is 62.0 Å². The van der Waals surface area contributed by atoms with Crippen molar-refractivity contribution in [1.29, 1.82) is 0 Å². The number of hydrogen-bond acceptors (Lipinski definition) is 3. The molecule has 2 aromatic rings. The van der Waals surface area contributed by atoms with Crippen LogP contribution in [0.2, 0.25) is 0 Å². The maximum atomic E-state index is 13.0. The molecule has 0 saturated carbocycles. The van der Waals surface area contributed by atoms with Gasteiger partial charge < -0.3 is 15.0 Å². The number of piperidine rings is 2. The molecule has 2 aliphatic heterocycles. The van der Waals surface area contributed by atoms with Crippen molar-refractivity contribution in [3.8, 4) is 0 Å². The van der Waals surface area contributed by atoms with E-state index in [9.17, 15) is 18.0 Å². The molecule has 1 amide bonds. The van der Waals surface area contributed by atoms with Gasteiger partial charge >= 0.3 is 6.18 Å². The molecule has 2 aliphatic rings. The van der Waals surface area contributed by atoms with E-state index in [4.69, 9.17) is 4.74 Å². The van der Waals surface area contributed by atoms with Gasteiger partial charge in [-0.1, -0.05) is 24.3 Å². The summed E-state index contributed by atoms with van der Waals surface area (Å²) in [6.45, 7) is 3.00. The predicted molar refractivity (Wildman–Crippen MR) is 117 cm³/mol. The van der Waals surface area contributed by atoms with E-state index >= 15 is 0 Å². The van der Waals surface area contributed by atoms with Crippen LogP contribution in [-0.2, 0) is 16.5 Å². The Morgan fingerprint density at radius 1 is 1.00 bits per heavy atom. The summed E-state index contributed by atoms with van der Waals surface area (Å²) in [6, 6.07) is 13.2. The SMILES string of the molecule is COC1(c2ccc(C(=O)N3CCC(c4ccc(C(F)(F)F)cc4)CC3)cc2)CCNCC1. The fourth-order valence-electron chi connectivity index (χ4n) is 4.90. The van der Waals surface area contributed by atoms with E-state index in [0.29, 0.717) is 18.7 Å². The molecule has 4 nitrogen and oxygen atoms in total. The Hall–Kier alpha value is -2.38. The van der Waals surface area contributed by atoms with Gasteiger partial charge in [0.1, 0.15) is 0 Å². The van der Waals surface area contributed by atoms with Crippen molar-refractivity contribution in [2.24, 2.45) is 0 Å². The maximum absolute atomic E-state index is 13.0. The van der Waals surface area contributed by atoms with E-state index in [-0.39, 0.29) is 17.4 Å². The summed E-state index contributed by atoms with van der Waals surface area (Å²) in [7, 11) is 1.74. The van der Waals surface area contributed by atoms with Crippen molar-refractivity contribution < 1.29 is 22.7 Å². The Kier molecular flexibility index (Phi) is 6.58. The van der Waals surface area contributed by atoms with Gasteiger partial charge in [-0.3, -0.25) is 4.79 Å². The van der Waals surface area contributed by atoms with Gasteiger partial charge in [-0.25, -0.2) is 0 Å². The fraction of sp³-hybridized carbons (Fsp3) is 0.480. The van der Waals surface area contributed by atoms with Crippen LogP contribution in [0.5, 0.6) is 0 Å². The molecule has 172 valence electrons. The lowest BCUT2D eigenvalue weighted by Crippen LogP contribution is -2.41. The van der Waals surface area contributed by atoms with Crippen molar-refractivity contribution in [3.05, 3.63) is 70.8 Å². The second kappa shape index (κ2) is 9.24. The zero-order valence-corrected chi connectivity index (χ0v) is 18.3. The molecular weight excluding hydrogens is 417 g/mol. The van der Waals surface area contributed by atoms with Crippen LogP contribution in [0.4, 0.5) is 13.2 Å². The van der Waals surface area contributed by atoms with E-state index < -0.39 is 11.7 Å². The molecule has 2 aromatic carbocycles. The highest BCUT2D eigenvalue weighted by Crippen LogP contribution is 2.35. The van der Waals surface area contributed by atoms with Crippen LogP contribution in [0.15, 0.2) is 48.5 Å². The smallest absolute Gasteiger partial charge is 0.373 e. The fourth-order valence-corrected chi connectivity index (χ4v) is 4.90. The number of ether oxygens (including phenoxy) is 1. The average molecular weight is 447 g/mol. The molecule has 2 fully saturated rings. The number of methoxy groups -OCH3 is 1. The molecule has 1 N–H and O–H groups in total. The number of nitrogens with zero attached hydrogens (tertiary/aromatic N) is 1. The van der Waals surface area contributed by atoms with Crippen LogP contribution in [0.25, 0.3) is 0 Å². The Labute approximate surface area is 186 Å². The van der Waals surface area contributed by atoms with Crippen LogP contribution in [-0.4, -0.2) is 44.1 Å². The molecule has 7 heteroatoms. The van der Waals surface area contributed by atoms with Crippen molar-refractivity contribution >= 4 is 5.91 Å². The number of amides is 1. The second-order valence-corrected chi connectivity index (χ2v) is 8.71. The zero-order valence-electron chi connectivity index (χ0n) is 18.3. The highest BCUT2D eigenvalue weighted by Gasteiger charge is 2.34. The lowest BCUT2D eigenvalue weighted by Gasteiger charge is -2.37. The summed E-state index contributed by atoms with van der Waals surface area (Å²) in [5.41, 5.74) is 1.73. The van der Waals surface area contributed by atoms with Crippen LogP contribution >= 0.6 is 0 Å². The number of likely N-dealkylation sites (tertiary alicyclic amines) is 1. The third-order valence-corrected chi connectivity index (χ3v) is 6.95. The summed E-state index contributed by atoms with van der Waals surface area (Å²) >= 11 is 0. The number of halogens is 3. The Bertz CT molecular complexity index is 912. The Balaban J connectivity index is 1.37. The first-order valence-electron chi connectivity index (χ1n) is 11.2. The first-order chi connectivity index (χ1) is 15.3. The molecule has 0 atom stereocenters. The second-order valence-electron chi connectivity index (χ2n) is 8.71. The number of carbonyl (C=O) groups is 1. The number of nitrogens with one attached hydrogen (secondary N) is 1. The van der Waals surface area contributed by atoms with E-state index in [2.05, 4.69) is 5.32 Å². The van der Waals surface area contributed by atoms with Gasteiger partial charge in [0.15, 0.2) is 0 Å². The summed E-state index contributed by atoms with van der Waals surface area (Å²) in [6.07, 6.45) is -1.03. The Morgan fingerprint density at radius 3 is 2.12 bits per heavy atom. The molecule has 0 spiro atoms. The van der Waals surface area contributed by atoms with Gasteiger partial charge in [0.05, 0.1) is 11.2 Å². The maximum Gasteiger partial charge on any atom is 0.416 e. The summed E-state index contributed by atoms with van der Waals surface area (Å²) in [5, 5.41) is 3.35. The van der Waals surface area contributed by atoms with E-state index in [1.165, 1.54) is 0 Å². The van der Waals surface area contributed by atoms with Crippen LogP contribution in [0, 0.1) is 0 Å². The summed E-state index contributed by atoms with van der Waals surface area (Å²) in [5.74, 6) is 0.171. The molecule has 2 heterocycles. The molecule has 0 aliphatic carbocycles. The topological polar surface area (TPSA) is 41.6 Å². The molecule has 2 saturated heterocycles. The average Bonchev–Trinajstić information content (AvgIpc) is 2.84. The van der Waals surface area contributed by atoms with Crippen molar-refractivity contribution in [2.75, 3.05) is 33.3 Å². The molecule has 0 radical (unpaired) electrons. The molecule has 0 bridgehead atoms. The third kappa shape index (κ3) is 4.69. The van der Waals surface area contributed by atoms with E-state index in [1.807, 2.05) is 29.2 Å². The number of carbonyl (C=O) groups excluding carboxylic acids is 1. The van der Waals surface area contributed by atoms with Crippen LogP contribution < -0.4 is 5.32 Å². The molecular formula is C25H29F3N2O2. The lowest BCUT2D eigenvalue weighted by atomic mass is 9.84. The van der Waals surface area contributed by atoms with Crippen molar-refractivity contribution in [2.45, 2.75) is 43.4 Å². The normalized spacial score (nSPS) is 19.7. The highest BCUT2D eigenvalue weighted by molar-refractivity contribution is 5.94. The minimum Gasteiger partial charge on any atom is -0.373 e. The summed E-state index contributed by atoms with van der Waals surface area (Å²) < 4.78 is 44.2. The first kappa shape index (κ1) is 22.8. The van der Waals surface area contributed by atoms with Gasteiger partial charge in [-0.15, -0.1) is 0 Å². The quantitative estimate of drug-likeness (QED) is 0.723. The largest absolute Gasteiger partial charge is 0.416 e. The predicted octanol–water partition coefficient (Wildman–Crippen LogP) is 4.95. The minimum absolute atomic E-state index is 0.000744. The highest BCUT2D eigenvalue weighted by atomic mass is 19.4. The first-order valence-corrected chi connectivity index (χ1v) is 11.2. The third-order valence-electron chi connectivity index (χ3n) is 6.95. The molecule has 32 heavy (non-hydrogen) atoms. The monoisotopic (exact) mass is 446 g/mol. The van der Waals surface area contributed by atoms with Crippen LogP contribution in [0.3, 0.4) is 0 Å². The number of rotatable bonds is 4. The number of hydrogen-bond donors (Lipinski definition) is 1. The Morgan fingerprint density at radius 2 is 1.59 bits per heavy atom. The minimum atomic E-state index is -4.32. The van der Waals surface area contributed by atoms with Gasteiger partial charge in [0, 0.05) is 25.8 Å². The lowest BCUT2D eigenvalue weighted by molar-refractivity contribution is -0.137. The molecule has 0 unspecified atom stereocenters. The van der Waals surface area contributed by atoms with Gasteiger partial charge in [0.2, 0.25) is 0 Å². The molecule has 0 aromatic heterocycles. The van der Waals surface area contributed by atoms with Gasteiger partial charge in [-0.2, -0.15) is 13.2 Å². The van der Waals surface area contributed by atoms with Crippen LogP contribution in [0.1, 0.15) is 58.6 Å². The number of alkyl halides is 3. The number of benzene rings is 2. The van der Waals surface area contributed by atoms with Gasteiger partial charge in [0.25, 0.3) is 5.91 Å². The van der Waals surface area contributed by atoms with Gasteiger partial charge in [-0.05, 0) is 80.1 Å². The summed E-state index contributed by atoms with van der Waals surface area (Å²) in [4.78, 5) is 14.8. The van der Waals surface area contributed by atoms with Crippen molar-refractivity contribution in [3.63, 3.8) is 0 Å². The standard InChI is InChI=1S/C25H29F3N2O2/c1-32-24(12-14-29-15-13-24)21-6-4-20(5-7-21)23(31)30-16-10-19(11-17-30)18-2-8-22(9-3-18)25(26,27)28/h2-9,19,29H,10-17H2,1H3. The van der Waals surface area contributed by atoms with Crippen molar-refractivity contribution in [1.82, 2.24) is 10.2 Å². The zero-order chi connectivity index (χ0) is 22.8. The molecule has 4 rings (SSSR count).